The lowest BCUT2D eigenvalue weighted by molar-refractivity contribution is -0.145. The van der Waals surface area contributed by atoms with Gasteiger partial charge < -0.3 is 10.1 Å². The number of aromatic nitrogens is 7. The van der Waals surface area contributed by atoms with Gasteiger partial charge in [-0.2, -0.15) is 37.1 Å². The van der Waals surface area contributed by atoms with Crippen LogP contribution in [-0.4, -0.2) is 53.3 Å². The Morgan fingerprint density at radius 3 is 2.58 bits per heavy atom. The number of nitriles is 1. The van der Waals surface area contributed by atoms with Crippen LogP contribution in [0.2, 0.25) is 5.02 Å². The molecule has 0 radical (unpaired) electrons. The van der Waals surface area contributed by atoms with Crippen LogP contribution in [0.25, 0.3) is 5.82 Å². The normalized spacial score (nSPS) is 11.4. The van der Waals surface area contributed by atoms with Gasteiger partial charge in [-0.3, -0.25) is 9.59 Å². The lowest BCUT2D eigenvalue weighted by Gasteiger charge is -2.14. The fourth-order valence-corrected chi connectivity index (χ4v) is 4.85. The molecule has 5 rings (SSSR count). The minimum absolute atomic E-state index is 0.00791. The summed E-state index contributed by atoms with van der Waals surface area (Å²) >= 11 is 6.34. The molecule has 0 aliphatic carbocycles. The number of ether oxygens (including phenoxy) is 1. The number of aryl methyl sites for hydroxylation is 1. The van der Waals surface area contributed by atoms with Gasteiger partial charge in [-0.1, -0.05) is 23.7 Å². The van der Waals surface area contributed by atoms with Gasteiger partial charge in [0.05, 0.1) is 22.3 Å². The molecule has 0 atom stereocenters. The highest BCUT2D eigenvalue weighted by atomic mass is 35.5. The van der Waals surface area contributed by atoms with Crippen molar-refractivity contribution in [3.05, 3.63) is 111 Å². The highest BCUT2D eigenvalue weighted by Crippen LogP contribution is 2.26. The van der Waals surface area contributed by atoms with E-state index in [9.17, 15) is 36.8 Å². The highest BCUT2D eigenvalue weighted by Gasteiger charge is 2.37. The zero-order valence-electron chi connectivity index (χ0n) is 24.5. The van der Waals surface area contributed by atoms with Crippen molar-refractivity contribution in [3.63, 3.8) is 0 Å². The lowest BCUT2D eigenvalue weighted by Crippen LogP contribution is -2.25. The van der Waals surface area contributed by atoms with Crippen molar-refractivity contribution in [1.82, 2.24) is 40.3 Å². The van der Waals surface area contributed by atoms with Crippen LogP contribution in [0.15, 0.2) is 60.8 Å². The molecule has 48 heavy (non-hydrogen) atoms. The Balaban J connectivity index is 1.46. The summed E-state index contributed by atoms with van der Waals surface area (Å²) in [5.41, 5.74) is 1.29. The second-order valence-corrected chi connectivity index (χ2v) is 10.5. The number of rotatable bonds is 11. The molecule has 0 unspecified atom stereocenters. The Labute approximate surface area is 272 Å². The molecule has 3 heterocycles. The summed E-state index contributed by atoms with van der Waals surface area (Å²) in [6.07, 6.45) is -3.81. The number of nitrogens with one attached hydrogen (secondary N) is 1. The van der Waals surface area contributed by atoms with E-state index in [4.69, 9.17) is 11.6 Å². The fraction of sp³-hybridized carbons (Fsp3) is 0.200. The van der Waals surface area contributed by atoms with Gasteiger partial charge in [0.2, 0.25) is 0 Å². The van der Waals surface area contributed by atoms with E-state index < -0.39 is 36.8 Å². The average molecular weight is 686 g/mol. The zero-order chi connectivity index (χ0) is 34.6. The molecular formula is C30H21ClF5N9O3. The Bertz CT molecular complexity index is 2040. The number of ketones is 1. The van der Waals surface area contributed by atoms with E-state index in [2.05, 4.69) is 35.5 Å². The van der Waals surface area contributed by atoms with Crippen LogP contribution in [0.4, 0.5) is 22.0 Å². The first kappa shape index (κ1) is 33.6. The van der Waals surface area contributed by atoms with Gasteiger partial charge in [-0.25, -0.2) is 9.67 Å². The molecule has 0 spiro atoms. The monoisotopic (exact) mass is 685 g/mol. The topological polar surface area (TPSA) is 154 Å². The van der Waals surface area contributed by atoms with Gasteiger partial charge in [0.25, 0.3) is 11.7 Å². The number of benzene rings is 2. The standard InChI is InChI=1S/C30H21ClF5N9O3/c1-16-8-18(13-37)10-22(27(47)39-14-17-4-2-5-20(9-17)48-29(32)33)21(16)12-25(46)24-11-19(15-44-42-28(40-43-44)30(34,35)36)41-45(24)26-23(31)6-3-7-38-26/h2-11,29H,12,14-15H2,1H3,(H,39,47). The number of tetrazole rings is 1. The van der Waals surface area contributed by atoms with Gasteiger partial charge >= 0.3 is 12.8 Å². The lowest BCUT2D eigenvalue weighted by atomic mass is 9.93. The molecular weight excluding hydrogens is 665 g/mol. The van der Waals surface area contributed by atoms with E-state index in [1.54, 1.807) is 19.1 Å². The van der Waals surface area contributed by atoms with Gasteiger partial charge in [-0.05, 0) is 71.3 Å². The number of hydrogen-bond acceptors (Lipinski definition) is 9. The van der Waals surface area contributed by atoms with Crippen molar-refractivity contribution in [2.75, 3.05) is 0 Å². The summed E-state index contributed by atoms with van der Waals surface area (Å²) in [5.74, 6) is -2.75. The molecule has 0 fully saturated rings. The van der Waals surface area contributed by atoms with Gasteiger partial charge in [-0.15, -0.1) is 10.2 Å². The molecule has 18 heteroatoms. The predicted octanol–water partition coefficient (Wildman–Crippen LogP) is 5.11. The average Bonchev–Trinajstić information content (AvgIpc) is 3.68. The minimum atomic E-state index is -4.82. The number of alkyl halides is 5. The van der Waals surface area contributed by atoms with E-state index >= 15 is 0 Å². The Hall–Kier alpha value is -5.76. The molecule has 0 aliphatic rings. The first-order chi connectivity index (χ1) is 22.8. The molecule has 1 N–H and O–H groups in total. The van der Waals surface area contributed by atoms with Crippen LogP contribution in [0.5, 0.6) is 5.75 Å². The van der Waals surface area contributed by atoms with Crippen molar-refractivity contribution in [2.24, 2.45) is 0 Å². The van der Waals surface area contributed by atoms with Crippen LogP contribution in [-0.2, 0) is 25.7 Å². The molecule has 5 aromatic rings. The maximum Gasteiger partial charge on any atom is 0.455 e. The first-order valence-corrected chi connectivity index (χ1v) is 14.1. The molecule has 1 amide bonds. The fourth-order valence-electron chi connectivity index (χ4n) is 4.65. The van der Waals surface area contributed by atoms with Crippen LogP contribution in [0.3, 0.4) is 0 Å². The van der Waals surface area contributed by atoms with Crippen molar-refractivity contribution in [1.29, 1.82) is 5.26 Å². The molecule has 0 bridgehead atoms. The zero-order valence-corrected chi connectivity index (χ0v) is 25.3. The molecule has 0 saturated carbocycles. The number of pyridine rings is 1. The molecule has 246 valence electrons. The number of carbonyl (C=O) groups excluding carboxylic acids is 2. The number of halogens is 6. The molecule has 0 aliphatic heterocycles. The van der Waals surface area contributed by atoms with Crippen molar-refractivity contribution in [3.8, 4) is 17.6 Å². The predicted molar refractivity (Wildman–Crippen MR) is 156 cm³/mol. The highest BCUT2D eigenvalue weighted by molar-refractivity contribution is 6.32. The second kappa shape index (κ2) is 13.9. The van der Waals surface area contributed by atoms with E-state index in [-0.39, 0.29) is 57.6 Å². The van der Waals surface area contributed by atoms with Gasteiger partial charge in [0.15, 0.2) is 11.6 Å². The van der Waals surface area contributed by atoms with Crippen LogP contribution in [0, 0.1) is 18.3 Å². The van der Waals surface area contributed by atoms with Crippen LogP contribution < -0.4 is 10.1 Å². The Morgan fingerprint density at radius 1 is 1.10 bits per heavy atom. The first-order valence-electron chi connectivity index (χ1n) is 13.8. The summed E-state index contributed by atoms with van der Waals surface area (Å²) in [5, 5.41) is 26.4. The summed E-state index contributed by atoms with van der Waals surface area (Å²) in [4.78, 5) is 32.2. The summed E-state index contributed by atoms with van der Waals surface area (Å²) in [6, 6.07) is 14.8. The third-order valence-corrected chi connectivity index (χ3v) is 7.05. The number of carbonyl (C=O) groups is 2. The van der Waals surface area contributed by atoms with Gasteiger partial charge in [0.1, 0.15) is 18.0 Å². The van der Waals surface area contributed by atoms with E-state index in [1.807, 2.05) is 6.07 Å². The number of hydrogen-bond donors (Lipinski definition) is 1. The van der Waals surface area contributed by atoms with E-state index in [0.717, 1.165) is 4.68 Å². The minimum Gasteiger partial charge on any atom is -0.435 e. The smallest absolute Gasteiger partial charge is 0.435 e. The quantitative estimate of drug-likeness (QED) is 0.148. The van der Waals surface area contributed by atoms with Crippen LogP contribution >= 0.6 is 11.6 Å². The Morgan fingerprint density at radius 2 is 1.90 bits per heavy atom. The van der Waals surface area contributed by atoms with E-state index in [0.29, 0.717) is 15.9 Å². The number of nitrogens with zero attached hydrogens (tertiary/aromatic N) is 8. The van der Waals surface area contributed by atoms with Crippen LogP contribution in [0.1, 0.15) is 54.6 Å². The maximum absolute atomic E-state index is 13.9. The number of amides is 1. The summed E-state index contributed by atoms with van der Waals surface area (Å²) < 4.78 is 69.8. The summed E-state index contributed by atoms with van der Waals surface area (Å²) in [7, 11) is 0. The molecule has 2 aromatic carbocycles. The van der Waals surface area contributed by atoms with Crippen molar-refractivity contribution >= 4 is 23.3 Å². The Kier molecular flexibility index (Phi) is 9.75. The van der Waals surface area contributed by atoms with Gasteiger partial charge in [0, 0.05) is 24.7 Å². The number of Topliss-reactive ketones (excluding diaryl/α,β-unsaturated/α-hetero) is 1. The van der Waals surface area contributed by atoms with Crippen molar-refractivity contribution in [2.45, 2.75) is 39.2 Å². The third kappa shape index (κ3) is 7.78. The summed E-state index contributed by atoms with van der Waals surface area (Å²) in [6.45, 7) is -1.91. The molecule has 0 saturated heterocycles. The van der Waals surface area contributed by atoms with E-state index in [1.165, 1.54) is 48.7 Å². The van der Waals surface area contributed by atoms with Crippen molar-refractivity contribution < 1.29 is 36.3 Å². The second-order valence-electron chi connectivity index (χ2n) is 10.1. The maximum atomic E-state index is 13.9. The largest absolute Gasteiger partial charge is 0.455 e. The molecule has 3 aromatic heterocycles. The third-order valence-electron chi connectivity index (χ3n) is 6.76. The molecule has 12 nitrogen and oxygen atoms in total. The SMILES string of the molecule is Cc1cc(C#N)cc(C(=O)NCc2cccc(OC(F)F)c2)c1CC(=O)c1cc(Cn2nnc(C(F)(F)F)n2)nn1-c1ncccc1Cl.